The molecule has 0 atom stereocenters. The number of fused-ring (bicyclic) bond motifs is 1. The summed E-state index contributed by atoms with van der Waals surface area (Å²) in [5.41, 5.74) is 3.31. The van der Waals surface area contributed by atoms with Gasteiger partial charge in [0.25, 0.3) is 0 Å². The number of aliphatic imine (C=N–C) groups is 1. The van der Waals surface area contributed by atoms with E-state index in [2.05, 4.69) is 19.9 Å². The second-order valence-corrected chi connectivity index (χ2v) is 4.92. The van der Waals surface area contributed by atoms with Gasteiger partial charge in [-0.15, -0.1) is 0 Å². The molecule has 2 N–H and O–H groups in total. The number of aromatic nitrogens is 3. The molecule has 3 aromatic rings. The Hall–Kier alpha value is -3.21. The van der Waals surface area contributed by atoms with Gasteiger partial charge >= 0.3 is 0 Å². The van der Waals surface area contributed by atoms with E-state index in [1.807, 2.05) is 48.5 Å². The summed E-state index contributed by atoms with van der Waals surface area (Å²) in [4.78, 5) is 15.8. The van der Waals surface area contributed by atoms with Crippen molar-refractivity contribution in [1.82, 2.24) is 15.0 Å². The van der Waals surface area contributed by atoms with Crippen molar-refractivity contribution in [2.45, 2.75) is 0 Å². The van der Waals surface area contributed by atoms with E-state index in [1.54, 1.807) is 12.4 Å². The number of aromatic amines is 1. The Morgan fingerprint density at radius 1 is 1.05 bits per heavy atom. The highest BCUT2D eigenvalue weighted by Crippen LogP contribution is 2.32. The van der Waals surface area contributed by atoms with Gasteiger partial charge in [-0.05, 0) is 18.2 Å². The summed E-state index contributed by atoms with van der Waals surface area (Å²) in [6.07, 6.45) is 5.27. The van der Waals surface area contributed by atoms with Gasteiger partial charge in [-0.3, -0.25) is 0 Å². The van der Waals surface area contributed by atoms with E-state index < -0.39 is 0 Å². The Kier molecular flexibility index (Phi) is 2.83. The van der Waals surface area contributed by atoms with Gasteiger partial charge in [0.1, 0.15) is 11.5 Å². The monoisotopic (exact) mass is 288 g/mol. The van der Waals surface area contributed by atoms with Gasteiger partial charge in [0.05, 0.1) is 0 Å². The highest BCUT2D eigenvalue weighted by atomic mass is 16.3. The number of benzene rings is 1. The number of imidazole rings is 1. The number of hydrogen-bond acceptors (Lipinski definition) is 4. The van der Waals surface area contributed by atoms with Crippen molar-refractivity contribution in [3.8, 4) is 17.3 Å². The van der Waals surface area contributed by atoms with Crippen LogP contribution in [0.2, 0.25) is 0 Å². The summed E-state index contributed by atoms with van der Waals surface area (Å²) in [5, 5.41) is 10.1. The lowest BCUT2D eigenvalue weighted by molar-refractivity contribution is 0.455. The van der Waals surface area contributed by atoms with E-state index in [-0.39, 0.29) is 5.88 Å². The molecule has 22 heavy (non-hydrogen) atoms. The first kappa shape index (κ1) is 12.5. The molecule has 1 aliphatic heterocycles. The van der Waals surface area contributed by atoms with E-state index in [9.17, 15) is 5.11 Å². The number of allylic oxidation sites excluding steroid dienone is 1. The number of rotatable bonds is 2. The molecule has 0 bridgehead atoms. The maximum Gasteiger partial charge on any atom is 0.237 e. The molecule has 0 saturated carbocycles. The lowest BCUT2D eigenvalue weighted by Gasteiger charge is -1.97. The minimum Gasteiger partial charge on any atom is -0.492 e. The first-order valence-electron chi connectivity index (χ1n) is 6.87. The number of H-pyrrole nitrogens is 1. The summed E-state index contributed by atoms with van der Waals surface area (Å²) < 4.78 is 0. The van der Waals surface area contributed by atoms with Gasteiger partial charge in [0.2, 0.25) is 5.88 Å². The molecule has 0 unspecified atom stereocenters. The standard InChI is InChI=1S/C17H12N4O/c22-17-14(20-15(21-17)11-5-2-1-3-6-11)9-12-10-19-16-13(12)7-4-8-18-16/h1-10,22H,(H,20,21)/b12-9+. The molecule has 106 valence electrons. The SMILES string of the molecule is Oc1nc(-c2ccccc2)[nH]c1/C=C1\C=Nc2ncccc21. The highest BCUT2D eigenvalue weighted by molar-refractivity contribution is 6.20. The van der Waals surface area contributed by atoms with Gasteiger partial charge in [0, 0.05) is 29.1 Å². The number of hydrogen-bond donors (Lipinski definition) is 2. The lowest BCUT2D eigenvalue weighted by atomic mass is 10.1. The van der Waals surface area contributed by atoms with Crippen LogP contribution in [-0.4, -0.2) is 26.3 Å². The number of nitrogens with zero attached hydrogens (tertiary/aromatic N) is 3. The van der Waals surface area contributed by atoms with Crippen molar-refractivity contribution in [2.24, 2.45) is 4.99 Å². The van der Waals surface area contributed by atoms with Gasteiger partial charge in [0.15, 0.2) is 5.82 Å². The third kappa shape index (κ3) is 2.09. The molecule has 2 aromatic heterocycles. The summed E-state index contributed by atoms with van der Waals surface area (Å²) >= 11 is 0. The fourth-order valence-electron chi connectivity index (χ4n) is 2.41. The molecule has 4 rings (SSSR count). The van der Waals surface area contributed by atoms with Gasteiger partial charge in [-0.25, -0.2) is 9.98 Å². The van der Waals surface area contributed by atoms with Crippen LogP contribution in [-0.2, 0) is 0 Å². The first-order chi connectivity index (χ1) is 10.8. The Bertz CT molecular complexity index is 894. The molecule has 0 spiro atoms. The largest absolute Gasteiger partial charge is 0.492 e. The van der Waals surface area contributed by atoms with Gasteiger partial charge in [-0.1, -0.05) is 30.3 Å². The van der Waals surface area contributed by atoms with E-state index in [0.29, 0.717) is 17.3 Å². The van der Waals surface area contributed by atoms with Gasteiger partial charge in [-0.2, -0.15) is 4.98 Å². The van der Waals surface area contributed by atoms with E-state index in [1.165, 1.54) is 0 Å². The fraction of sp³-hybridized carbons (Fsp3) is 0. The van der Waals surface area contributed by atoms with E-state index >= 15 is 0 Å². The summed E-state index contributed by atoms with van der Waals surface area (Å²) in [6, 6.07) is 13.5. The molecule has 5 nitrogen and oxygen atoms in total. The Morgan fingerprint density at radius 2 is 1.91 bits per heavy atom. The second-order valence-electron chi connectivity index (χ2n) is 4.92. The molecule has 0 amide bonds. The molecule has 1 aromatic carbocycles. The Balaban J connectivity index is 1.75. The van der Waals surface area contributed by atoms with Crippen LogP contribution in [0.15, 0.2) is 53.7 Å². The van der Waals surface area contributed by atoms with Crippen LogP contribution in [0.1, 0.15) is 11.3 Å². The Labute approximate surface area is 126 Å². The second kappa shape index (κ2) is 4.96. The highest BCUT2D eigenvalue weighted by Gasteiger charge is 2.15. The number of aromatic hydroxyl groups is 1. The van der Waals surface area contributed by atoms with Crippen molar-refractivity contribution >= 4 is 23.7 Å². The summed E-state index contributed by atoms with van der Waals surface area (Å²) in [7, 11) is 0. The molecule has 0 saturated heterocycles. The third-order valence-electron chi connectivity index (χ3n) is 3.48. The van der Waals surface area contributed by atoms with Crippen LogP contribution in [0.4, 0.5) is 5.82 Å². The molecule has 0 fully saturated rings. The normalized spacial score (nSPS) is 14.5. The molecular formula is C17H12N4O. The lowest BCUT2D eigenvalue weighted by Crippen LogP contribution is -1.83. The zero-order valence-electron chi connectivity index (χ0n) is 11.6. The van der Waals surface area contributed by atoms with Crippen LogP contribution >= 0.6 is 0 Å². The van der Waals surface area contributed by atoms with Crippen molar-refractivity contribution in [3.05, 3.63) is 59.9 Å². The smallest absolute Gasteiger partial charge is 0.237 e. The number of pyridine rings is 1. The molecule has 1 aliphatic rings. The maximum atomic E-state index is 10.1. The Morgan fingerprint density at radius 3 is 2.77 bits per heavy atom. The van der Waals surface area contributed by atoms with Crippen LogP contribution in [0.3, 0.4) is 0 Å². The molecule has 0 aliphatic carbocycles. The summed E-state index contributed by atoms with van der Waals surface area (Å²) in [6.45, 7) is 0. The van der Waals surface area contributed by atoms with Gasteiger partial charge < -0.3 is 10.1 Å². The van der Waals surface area contributed by atoms with Crippen LogP contribution in [0.5, 0.6) is 5.88 Å². The van der Waals surface area contributed by atoms with Crippen molar-refractivity contribution < 1.29 is 5.11 Å². The average Bonchev–Trinajstić information content (AvgIpc) is 3.13. The predicted octanol–water partition coefficient (Wildman–Crippen LogP) is 3.43. The summed E-state index contributed by atoms with van der Waals surface area (Å²) in [5.74, 6) is 1.29. The molecule has 3 heterocycles. The van der Waals surface area contributed by atoms with Crippen molar-refractivity contribution in [3.63, 3.8) is 0 Å². The maximum absolute atomic E-state index is 10.1. The minimum atomic E-state index is -0.0305. The zero-order valence-corrected chi connectivity index (χ0v) is 11.6. The van der Waals surface area contributed by atoms with Crippen molar-refractivity contribution in [1.29, 1.82) is 0 Å². The van der Waals surface area contributed by atoms with E-state index in [4.69, 9.17) is 0 Å². The topological polar surface area (TPSA) is 74.2 Å². The number of nitrogens with one attached hydrogen (secondary N) is 1. The van der Waals surface area contributed by atoms with Crippen LogP contribution in [0.25, 0.3) is 23.0 Å². The average molecular weight is 288 g/mol. The molecule has 0 radical (unpaired) electrons. The third-order valence-corrected chi connectivity index (χ3v) is 3.48. The zero-order chi connectivity index (χ0) is 14.9. The first-order valence-corrected chi connectivity index (χ1v) is 6.87. The predicted molar refractivity (Wildman–Crippen MR) is 85.9 cm³/mol. The van der Waals surface area contributed by atoms with E-state index in [0.717, 1.165) is 16.7 Å². The minimum absolute atomic E-state index is 0.0305. The fourth-order valence-corrected chi connectivity index (χ4v) is 2.41. The molecular weight excluding hydrogens is 276 g/mol. The van der Waals surface area contributed by atoms with Crippen LogP contribution in [0, 0.1) is 0 Å². The molecule has 5 heteroatoms. The quantitative estimate of drug-likeness (QED) is 0.758. The van der Waals surface area contributed by atoms with Crippen molar-refractivity contribution in [2.75, 3.05) is 0 Å². The van der Waals surface area contributed by atoms with Crippen LogP contribution < -0.4 is 0 Å².